The molecule has 82 valence electrons. The Labute approximate surface area is 96.7 Å². The summed E-state index contributed by atoms with van der Waals surface area (Å²) in [5, 5.41) is 3.41. The molecule has 1 aliphatic rings. The summed E-state index contributed by atoms with van der Waals surface area (Å²) in [5.74, 6) is 2.01. The molecule has 2 rings (SSSR count). The molecule has 0 saturated carbocycles. The van der Waals surface area contributed by atoms with Gasteiger partial charge in [-0.25, -0.2) is 0 Å². The van der Waals surface area contributed by atoms with E-state index in [1.54, 1.807) is 11.1 Å². The lowest BCUT2D eigenvalue weighted by Gasteiger charge is -2.32. The van der Waals surface area contributed by atoms with Crippen LogP contribution >= 0.6 is 11.8 Å². The molecule has 0 fully saturated rings. The molecule has 1 aliphatic carbocycles. The third kappa shape index (κ3) is 2.37. The fourth-order valence-electron chi connectivity index (χ4n) is 2.39. The summed E-state index contributed by atoms with van der Waals surface area (Å²) in [6.45, 7) is 0. The van der Waals surface area contributed by atoms with E-state index in [1.807, 2.05) is 11.8 Å². The SMILES string of the molecule is CNC(CSC)CC1Cc2ccccc21. The number of hydrogen-bond acceptors (Lipinski definition) is 2. The minimum absolute atomic E-state index is 0.665. The van der Waals surface area contributed by atoms with Crippen molar-refractivity contribution in [2.24, 2.45) is 0 Å². The Balaban J connectivity index is 1.93. The van der Waals surface area contributed by atoms with E-state index in [4.69, 9.17) is 0 Å². The van der Waals surface area contributed by atoms with E-state index in [0.717, 1.165) is 5.92 Å². The third-order valence-corrected chi connectivity index (χ3v) is 4.04. The van der Waals surface area contributed by atoms with Crippen molar-refractivity contribution >= 4 is 11.8 Å². The smallest absolute Gasteiger partial charge is 0.0161 e. The van der Waals surface area contributed by atoms with Gasteiger partial charge in [-0.1, -0.05) is 24.3 Å². The number of fused-ring (bicyclic) bond motifs is 1. The van der Waals surface area contributed by atoms with E-state index in [9.17, 15) is 0 Å². The topological polar surface area (TPSA) is 12.0 Å². The van der Waals surface area contributed by atoms with Gasteiger partial charge in [0, 0.05) is 11.8 Å². The standard InChI is InChI=1S/C13H19NS/c1-14-12(9-15-2)8-11-7-10-5-3-4-6-13(10)11/h3-6,11-12,14H,7-9H2,1-2H3. The van der Waals surface area contributed by atoms with Gasteiger partial charge in [0.1, 0.15) is 0 Å². The van der Waals surface area contributed by atoms with Gasteiger partial charge < -0.3 is 5.32 Å². The van der Waals surface area contributed by atoms with Crippen molar-refractivity contribution in [2.75, 3.05) is 19.1 Å². The molecule has 1 N–H and O–H groups in total. The van der Waals surface area contributed by atoms with Crippen molar-refractivity contribution in [3.63, 3.8) is 0 Å². The van der Waals surface area contributed by atoms with Gasteiger partial charge in [-0.3, -0.25) is 0 Å². The van der Waals surface area contributed by atoms with Crippen LogP contribution in [0.3, 0.4) is 0 Å². The molecule has 2 unspecified atom stereocenters. The van der Waals surface area contributed by atoms with Crippen molar-refractivity contribution in [1.82, 2.24) is 5.32 Å². The number of rotatable bonds is 5. The minimum Gasteiger partial charge on any atom is -0.316 e. The molecule has 1 aromatic rings. The molecular formula is C13H19NS. The molecule has 0 radical (unpaired) electrons. The highest BCUT2D eigenvalue weighted by atomic mass is 32.2. The summed E-state index contributed by atoms with van der Waals surface area (Å²) in [4.78, 5) is 0. The lowest BCUT2D eigenvalue weighted by atomic mass is 9.74. The van der Waals surface area contributed by atoms with Crippen LogP contribution in [-0.2, 0) is 6.42 Å². The van der Waals surface area contributed by atoms with Crippen LogP contribution in [0.4, 0.5) is 0 Å². The first-order valence-electron chi connectivity index (χ1n) is 5.59. The van der Waals surface area contributed by atoms with Crippen molar-refractivity contribution in [1.29, 1.82) is 0 Å². The Kier molecular flexibility index (Phi) is 3.71. The predicted octanol–water partition coefficient (Wildman–Crippen LogP) is 2.67. The second-order valence-electron chi connectivity index (χ2n) is 4.28. The van der Waals surface area contributed by atoms with Crippen molar-refractivity contribution in [2.45, 2.75) is 24.8 Å². The van der Waals surface area contributed by atoms with Gasteiger partial charge in [-0.2, -0.15) is 11.8 Å². The number of thioether (sulfide) groups is 1. The lowest BCUT2D eigenvalue weighted by molar-refractivity contribution is 0.468. The monoisotopic (exact) mass is 221 g/mol. The Bertz CT molecular complexity index is 324. The maximum atomic E-state index is 3.41. The minimum atomic E-state index is 0.665. The van der Waals surface area contributed by atoms with Gasteiger partial charge in [0.05, 0.1) is 0 Å². The molecule has 0 saturated heterocycles. The zero-order chi connectivity index (χ0) is 10.7. The summed E-state index contributed by atoms with van der Waals surface area (Å²) in [5.41, 5.74) is 3.14. The van der Waals surface area contributed by atoms with Crippen LogP contribution in [0.1, 0.15) is 23.5 Å². The molecule has 15 heavy (non-hydrogen) atoms. The van der Waals surface area contributed by atoms with Gasteiger partial charge >= 0.3 is 0 Å². The summed E-state index contributed by atoms with van der Waals surface area (Å²) < 4.78 is 0. The summed E-state index contributed by atoms with van der Waals surface area (Å²) in [6.07, 6.45) is 4.75. The molecule has 0 aromatic heterocycles. The third-order valence-electron chi connectivity index (χ3n) is 3.31. The molecular weight excluding hydrogens is 202 g/mol. The number of hydrogen-bond donors (Lipinski definition) is 1. The number of nitrogens with one attached hydrogen (secondary N) is 1. The Morgan fingerprint density at radius 3 is 2.93 bits per heavy atom. The van der Waals surface area contributed by atoms with Crippen LogP contribution in [0.5, 0.6) is 0 Å². The predicted molar refractivity (Wildman–Crippen MR) is 68.7 cm³/mol. The fourth-order valence-corrected chi connectivity index (χ4v) is 3.09. The normalized spacial score (nSPS) is 20.5. The highest BCUT2D eigenvalue weighted by Crippen LogP contribution is 2.38. The van der Waals surface area contributed by atoms with E-state index in [2.05, 4.69) is 42.9 Å². The average molecular weight is 221 g/mol. The van der Waals surface area contributed by atoms with Crippen LogP contribution < -0.4 is 5.32 Å². The Hall–Kier alpha value is -0.470. The first-order chi connectivity index (χ1) is 7.35. The zero-order valence-electron chi connectivity index (χ0n) is 9.49. The molecule has 1 aromatic carbocycles. The fraction of sp³-hybridized carbons (Fsp3) is 0.538. The highest BCUT2D eigenvalue weighted by Gasteiger charge is 2.27. The lowest BCUT2D eigenvalue weighted by Crippen LogP contribution is -2.32. The molecule has 0 aliphatic heterocycles. The second-order valence-corrected chi connectivity index (χ2v) is 5.19. The van der Waals surface area contributed by atoms with Gasteiger partial charge in [0.2, 0.25) is 0 Å². The Morgan fingerprint density at radius 1 is 1.47 bits per heavy atom. The van der Waals surface area contributed by atoms with E-state index in [-0.39, 0.29) is 0 Å². The highest BCUT2D eigenvalue weighted by molar-refractivity contribution is 7.98. The molecule has 2 heteroatoms. The molecule has 0 spiro atoms. The summed E-state index contributed by atoms with van der Waals surface area (Å²) in [6, 6.07) is 9.52. The van der Waals surface area contributed by atoms with Gasteiger partial charge in [0.15, 0.2) is 0 Å². The average Bonchev–Trinajstić information content (AvgIpc) is 2.24. The first kappa shape index (κ1) is 11.0. The van der Waals surface area contributed by atoms with E-state index < -0.39 is 0 Å². The van der Waals surface area contributed by atoms with Crippen molar-refractivity contribution in [3.05, 3.63) is 35.4 Å². The molecule has 0 heterocycles. The summed E-state index contributed by atoms with van der Waals surface area (Å²) >= 11 is 1.93. The summed E-state index contributed by atoms with van der Waals surface area (Å²) in [7, 11) is 2.07. The van der Waals surface area contributed by atoms with Crippen LogP contribution in [-0.4, -0.2) is 25.1 Å². The van der Waals surface area contributed by atoms with Crippen LogP contribution in [0.25, 0.3) is 0 Å². The molecule has 1 nitrogen and oxygen atoms in total. The maximum absolute atomic E-state index is 3.41. The maximum Gasteiger partial charge on any atom is 0.0161 e. The first-order valence-corrected chi connectivity index (χ1v) is 6.98. The molecule has 2 atom stereocenters. The van der Waals surface area contributed by atoms with Crippen molar-refractivity contribution in [3.8, 4) is 0 Å². The van der Waals surface area contributed by atoms with Gasteiger partial charge in [-0.05, 0) is 43.2 Å². The second kappa shape index (κ2) is 5.04. The Morgan fingerprint density at radius 2 is 2.27 bits per heavy atom. The zero-order valence-corrected chi connectivity index (χ0v) is 10.3. The van der Waals surface area contributed by atoms with Crippen LogP contribution in [0.2, 0.25) is 0 Å². The van der Waals surface area contributed by atoms with Crippen LogP contribution in [0, 0.1) is 0 Å². The number of benzene rings is 1. The van der Waals surface area contributed by atoms with Crippen molar-refractivity contribution < 1.29 is 0 Å². The van der Waals surface area contributed by atoms with Gasteiger partial charge in [-0.15, -0.1) is 0 Å². The largest absolute Gasteiger partial charge is 0.316 e. The van der Waals surface area contributed by atoms with E-state index in [0.29, 0.717) is 6.04 Å². The van der Waals surface area contributed by atoms with E-state index >= 15 is 0 Å². The molecule has 0 bridgehead atoms. The van der Waals surface area contributed by atoms with Crippen LogP contribution in [0.15, 0.2) is 24.3 Å². The van der Waals surface area contributed by atoms with Gasteiger partial charge in [0.25, 0.3) is 0 Å². The van der Waals surface area contributed by atoms with E-state index in [1.165, 1.54) is 18.6 Å². The quantitative estimate of drug-likeness (QED) is 0.820. The molecule has 0 amide bonds.